The minimum Gasteiger partial charge on any atom is -0.486 e. The van der Waals surface area contributed by atoms with Gasteiger partial charge in [-0.3, -0.25) is 0 Å². The van der Waals surface area contributed by atoms with E-state index >= 15 is 0 Å². The van der Waals surface area contributed by atoms with Crippen molar-refractivity contribution in [3.05, 3.63) is 54.6 Å². The molecule has 184 valence electrons. The highest BCUT2D eigenvalue weighted by molar-refractivity contribution is 5.83. The van der Waals surface area contributed by atoms with Crippen LogP contribution >= 0.6 is 0 Å². The quantitative estimate of drug-likeness (QED) is 0.233. The van der Waals surface area contributed by atoms with E-state index in [0.717, 1.165) is 73.4 Å². The second-order valence-electron chi connectivity index (χ2n) is 8.71. The summed E-state index contributed by atoms with van der Waals surface area (Å²) in [7, 11) is 2.10. The molecule has 34 heavy (non-hydrogen) atoms. The molecule has 0 saturated heterocycles. The van der Waals surface area contributed by atoms with Crippen molar-refractivity contribution < 1.29 is 14.2 Å². The molecular weight excluding hydrogens is 424 g/mol. The van der Waals surface area contributed by atoms with E-state index in [1.165, 1.54) is 5.69 Å². The second kappa shape index (κ2) is 13.9. The first kappa shape index (κ1) is 26.0. The molecule has 1 heterocycles. The van der Waals surface area contributed by atoms with Gasteiger partial charge >= 0.3 is 0 Å². The molecule has 0 aliphatic heterocycles. The number of hydrogen-bond donors (Lipinski definition) is 0. The van der Waals surface area contributed by atoms with Crippen LogP contribution in [0.4, 0.5) is 5.69 Å². The summed E-state index contributed by atoms with van der Waals surface area (Å²) in [6, 6.07) is 18.8. The molecule has 0 unspecified atom stereocenters. The maximum absolute atomic E-state index is 6.29. The van der Waals surface area contributed by atoms with Crippen LogP contribution in [0.25, 0.3) is 22.2 Å². The standard InChI is InChI=1S/C29H40N2O3/c1-5-8-18-32-21-27(22-33-19-9-6-2)34-26-16-12-24-13-17-28(30-29(24)20-26)23-10-14-25(15-11-23)31(4)7-3/h10-17,20,27H,5-9,18-19,21-22H2,1-4H3. The number of rotatable bonds is 15. The van der Waals surface area contributed by atoms with Gasteiger partial charge in [0.05, 0.1) is 24.4 Å². The SMILES string of the molecule is CCCCOCC(COCCCC)Oc1ccc2ccc(-c3ccc(N(C)CC)cc3)nc2c1. The molecule has 0 atom stereocenters. The van der Waals surface area contributed by atoms with Gasteiger partial charge in [-0.05, 0) is 50.1 Å². The van der Waals surface area contributed by atoms with Crippen molar-refractivity contribution in [1.29, 1.82) is 0 Å². The van der Waals surface area contributed by atoms with Crippen LogP contribution in [0.15, 0.2) is 54.6 Å². The van der Waals surface area contributed by atoms with Crippen molar-refractivity contribution in [2.75, 3.05) is 44.9 Å². The number of fused-ring (bicyclic) bond motifs is 1. The minimum atomic E-state index is -0.141. The lowest BCUT2D eigenvalue weighted by atomic mass is 10.1. The molecule has 0 N–H and O–H groups in total. The molecule has 5 heteroatoms. The molecule has 0 radical (unpaired) electrons. The van der Waals surface area contributed by atoms with Crippen LogP contribution in [0.5, 0.6) is 5.75 Å². The normalized spacial score (nSPS) is 11.3. The maximum Gasteiger partial charge on any atom is 0.145 e. The highest BCUT2D eigenvalue weighted by Crippen LogP contribution is 2.26. The molecule has 0 amide bonds. The lowest BCUT2D eigenvalue weighted by Crippen LogP contribution is -2.29. The van der Waals surface area contributed by atoms with Crippen LogP contribution < -0.4 is 9.64 Å². The van der Waals surface area contributed by atoms with Gasteiger partial charge in [0.2, 0.25) is 0 Å². The number of benzene rings is 2. The van der Waals surface area contributed by atoms with E-state index in [-0.39, 0.29) is 6.10 Å². The highest BCUT2D eigenvalue weighted by Gasteiger charge is 2.13. The van der Waals surface area contributed by atoms with Crippen molar-refractivity contribution in [3.63, 3.8) is 0 Å². The van der Waals surface area contributed by atoms with Gasteiger partial charge in [-0.25, -0.2) is 4.98 Å². The fourth-order valence-corrected chi connectivity index (χ4v) is 3.63. The predicted octanol–water partition coefficient (Wildman–Crippen LogP) is 6.74. The fourth-order valence-electron chi connectivity index (χ4n) is 3.63. The molecular formula is C29H40N2O3. The van der Waals surface area contributed by atoms with Gasteiger partial charge < -0.3 is 19.1 Å². The van der Waals surface area contributed by atoms with Gasteiger partial charge in [0.25, 0.3) is 0 Å². The molecule has 1 aromatic heterocycles. The van der Waals surface area contributed by atoms with Crippen molar-refractivity contribution in [3.8, 4) is 17.0 Å². The summed E-state index contributed by atoms with van der Waals surface area (Å²) in [5.74, 6) is 0.792. The Morgan fingerprint density at radius 2 is 1.47 bits per heavy atom. The zero-order chi connectivity index (χ0) is 24.2. The van der Waals surface area contributed by atoms with E-state index in [9.17, 15) is 0 Å². The summed E-state index contributed by atoms with van der Waals surface area (Å²) < 4.78 is 18.0. The van der Waals surface area contributed by atoms with Crippen molar-refractivity contribution in [2.24, 2.45) is 0 Å². The van der Waals surface area contributed by atoms with E-state index in [4.69, 9.17) is 19.2 Å². The summed E-state index contributed by atoms with van der Waals surface area (Å²) in [6.45, 7) is 10.0. The van der Waals surface area contributed by atoms with E-state index < -0.39 is 0 Å². The number of hydrogen-bond acceptors (Lipinski definition) is 5. The van der Waals surface area contributed by atoms with Crippen LogP contribution in [0.3, 0.4) is 0 Å². The number of anilines is 1. The Hall–Kier alpha value is -2.63. The molecule has 2 aromatic carbocycles. The zero-order valence-corrected chi connectivity index (χ0v) is 21.3. The molecule has 0 saturated carbocycles. The third-order valence-electron chi connectivity index (χ3n) is 5.94. The van der Waals surface area contributed by atoms with Gasteiger partial charge in [-0.15, -0.1) is 0 Å². The predicted molar refractivity (Wildman–Crippen MR) is 142 cm³/mol. The number of aromatic nitrogens is 1. The third-order valence-corrected chi connectivity index (χ3v) is 5.94. The van der Waals surface area contributed by atoms with Gasteiger partial charge in [0.1, 0.15) is 11.9 Å². The summed E-state index contributed by atoms with van der Waals surface area (Å²) >= 11 is 0. The lowest BCUT2D eigenvalue weighted by molar-refractivity contribution is -0.00731. The molecule has 3 aromatic rings. The van der Waals surface area contributed by atoms with E-state index in [0.29, 0.717) is 13.2 Å². The Balaban J connectivity index is 1.73. The number of ether oxygens (including phenoxy) is 3. The Bertz CT molecular complexity index is 978. The summed E-state index contributed by atoms with van der Waals surface area (Å²) in [5.41, 5.74) is 4.18. The van der Waals surface area contributed by atoms with Crippen LogP contribution in [-0.4, -0.2) is 51.1 Å². The first-order valence-electron chi connectivity index (χ1n) is 12.7. The first-order chi connectivity index (χ1) is 16.6. The van der Waals surface area contributed by atoms with Crippen LogP contribution in [0.1, 0.15) is 46.5 Å². The van der Waals surface area contributed by atoms with Gasteiger partial charge in [-0.1, -0.05) is 44.9 Å². The Labute approximate surface area is 205 Å². The molecule has 0 aliphatic carbocycles. The van der Waals surface area contributed by atoms with Crippen LogP contribution in [0, 0.1) is 0 Å². The van der Waals surface area contributed by atoms with Crippen molar-refractivity contribution >= 4 is 16.6 Å². The smallest absolute Gasteiger partial charge is 0.145 e. The zero-order valence-electron chi connectivity index (χ0n) is 21.3. The average Bonchev–Trinajstić information content (AvgIpc) is 2.88. The largest absolute Gasteiger partial charge is 0.486 e. The fraction of sp³-hybridized carbons (Fsp3) is 0.483. The number of pyridine rings is 1. The Kier molecular flexibility index (Phi) is 10.6. The second-order valence-corrected chi connectivity index (χ2v) is 8.71. The molecule has 5 nitrogen and oxygen atoms in total. The van der Waals surface area contributed by atoms with Crippen molar-refractivity contribution in [2.45, 2.75) is 52.6 Å². The lowest BCUT2D eigenvalue weighted by Gasteiger charge is -2.20. The number of unbranched alkanes of at least 4 members (excludes halogenated alkanes) is 2. The van der Waals surface area contributed by atoms with E-state index in [1.807, 2.05) is 12.1 Å². The van der Waals surface area contributed by atoms with Gasteiger partial charge in [-0.2, -0.15) is 0 Å². The summed E-state index contributed by atoms with van der Waals surface area (Å²) in [6.07, 6.45) is 4.21. The van der Waals surface area contributed by atoms with Crippen LogP contribution in [-0.2, 0) is 9.47 Å². The van der Waals surface area contributed by atoms with Gasteiger partial charge in [0, 0.05) is 49.5 Å². The summed E-state index contributed by atoms with van der Waals surface area (Å²) in [5, 5.41) is 1.09. The highest BCUT2D eigenvalue weighted by atomic mass is 16.6. The monoisotopic (exact) mass is 464 g/mol. The third kappa shape index (κ3) is 7.71. The van der Waals surface area contributed by atoms with Crippen LogP contribution in [0.2, 0.25) is 0 Å². The summed E-state index contributed by atoms with van der Waals surface area (Å²) in [4.78, 5) is 7.14. The van der Waals surface area contributed by atoms with Crippen molar-refractivity contribution in [1.82, 2.24) is 4.98 Å². The maximum atomic E-state index is 6.29. The first-order valence-corrected chi connectivity index (χ1v) is 12.7. The Morgan fingerprint density at radius 3 is 2.09 bits per heavy atom. The Morgan fingerprint density at radius 1 is 0.824 bits per heavy atom. The molecule has 0 aliphatic rings. The minimum absolute atomic E-state index is 0.141. The topological polar surface area (TPSA) is 43.8 Å². The molecule has 3 rings (SSSR count). The van der Waals surface area contributed by atoms with E-state index in [1.54, 1.807) is 0 Å². The molecule has 0 fully saturated rings. The average molecular weight is 465 g/mol. The van der Waals surface area contributed by atoms with E-state index in [2.05, 4.69) is 75.2 Å². The molecule has 0 spiro atoms. The number of nitrogens with zero attached hydrogens (tertiary/aromatic N) is 2. The van der Waals surface area contributed by atoms with Gasteiger partial charge in [0.15, 0.2) is 0 Å². The molecule has 0 bridgehead atoms.